The van der Waals surface area contributed by atoms with E-state index in [4.69, 9.17) is 0 Å². The average molecular weight is 370 g/mol. The van der Waals surface area contributed by atoms with Crippen LogP contribution < -0.4 is 0 Å². The SMILES string of the molecule is CSN(C)/C=C(/C)C(C)C(C)(C)C(C)C(=O)C(C)(C)C(C)C(C)(C)C. The van der Waals surface area contributed by atoms with Crippen LogP contribution in [0, 0.1) is 34.0 Å². The molecule has 25 heavy (non-hydrogen) atoms. The summed E-state index contributed by atoms with van der Waals surface area (Å²) in [6, 6.07) is 0. The summed E-state index contributed by atoms with van der Waals surface area (Å²) in [5, 5.41) is 0. The average Bonchev–Trinajstić information content (AvgIpc) is 2.50. The van der Waals surface area contributed by atoms with Gasteiger partial charge in [0, 0.05) is 30.8 Å². The molecule has 0 radical (unpaired) electrons. The van der Waals surface area contributed by atoms with Crippen LogP contribution in [0.3, 0.4) is 0 Å². The third kappa shape index (κ3) is 5.77. The standard InChI is InChI=1S/C22H43NOS/c1-15(14-23(12)25-13)16(2)21(8,9)17(3)19(24)22(10,11)18(4)20(5,6)7/h14,16-18H,1-13H3/b15-14-. The molecule has 0 saturated carbocycles. The minimum absolute atomic E-state index is 0.00485. The van der Waals surface area contributed by atoms with E-state index in [9.17, 15) is 4.79 Å². The quantitative estimate of drug-likeness (QED) is 0.445. The van der Waals surface area contributed by atoms with Crippen LogP contribution >= 0.6 is 11.9 Å². The highest BCUT2D eigenvalue weighted by Crippen LogP contribution is 2.47. The fourth-order valence-electron chi connectivity index (χ4n) is 3.60. The molecule has 0 aliphatic rings. The van der Waals surface area contributed by atoms with Crippen molar-refractivity contribution in [2.45, 2.75) is 76.2 Å². The van der Waals surface area contributed by atoms with Crippen LogP contribution in [-0.2, 0) is 4.79 Å². The Morgan fingerprint density at radius 1 is 0.960 bits per heavy atom. The topological polar surface area (TPSA) is 20.3 Å². The predicted molar refractivity (Wildman–Crippen MR) is 115 cm³/mol. The second-order valence-corrected chi connectivity index (χ2v) is 11.0. The fourth-order valence-corrected chi connectivity index (χ4v) is 3.88. The lowest BCUT2D eigenvalue weighted by atomic mass is 9.58. The Morgan fingerprint density at radius 2 is 1.40 bits per heavy atom. The number of rotatable bonds is 8. The smallest absolute Gasteiger partial charge is 0.142 e. The van der Waals surface area contributed by atoms with Crippen molar-refractivity contribution in [1.29, 1.82) is 0 Å². The number of carbonyl (C=O) groups is 1. The monoisotopic (exact) mass is 369 g/mol. The summed E-state index contributed by atoms with van der Waals surface area (Å²) in [5.41, 5.74) is 1.02. The highest BCUT2D eigenvalue weighted by atomic mass is 32.2. The van der Waals surface area contributed by atoms with Crippen LogP contribution in [0.4, 0.5) is 0 Å². The van der Waals surface area contributed by atoms with Gasteiger partial charge < -0.3 is 4.31 Å². The molecule has 0 aliphatic carbocycles. The molecule has 2 nitrogen and oxygen atoms in total. The molecule has 0 rings (SSSR count). The molecule has 3 unspecified atom stereocenters. The van der Waals surface area contributed by atoms with Crippen molar-refractivity contribution >= 4 is 17.7 Å². The molecule has 0 aromatic rings. The lowest BCUT2D eigenvalue weighted by Gasteiger charge is -2.45. The molecule has 0 aromatic heterocycles. The maximum absolute atomic E-state index is 13.5. The van der Waals surface area contributed by atoms with Crippen LogP contribution in [0.5, 0.6) is 0 Å². The van der Waals surface area contributed by atoms with Gasteiger partial charge in [0.2, 0.25) is 0 Å². The minimum atomic E-state index is -0.331. The molecule has 0 spiro atoms. The number of carbonyl (C=O) groups excluding carboxylic acids is 1. The Balaban J connectivity index is 5.59. The summed E-state index contributed by atoms with van der Waals surface area (Å²) < 4.78 is 2.13. The molecule has 0 bridgehead atoms. The van der Waals surface area contributed by atoms with Gasteiger partial charge in [-0.3, -0.25) is 4.79 Å². The van der Waals surface area contributed by atoms with Crippen molar-refractivity contribution in [3.8, 4) is 0 Å². The molecular weight excluding hydrogens is 326 g/mol. The van der Waals surface area contributed by atoms with E-state index in [-0.39, 0.29) is 22.2 Å². The van der Waals surface area contributed by atoms with Gasteiger partial charge in [0.1, 0.15) is 5.78 Å². The maximum Gasteiger partial charge on any atom is 0.142 e. The van der Waals surface area contributed by atoms with Gasteiger partial charge in [-0.05, 0) is 29.6 Å². The van der Waals surface area contributed by atoms with Gasteiger partial charge in [-0.25, -0.2) is 0 Å². The summed E-state index contributed by atoms with van der Waals surface area (Å²) in [7, 11) is 2.07. The highest BCUT2D eigenvalue weighted by Gasteiger charge is 2.46. The zero-order valence-electron chi connectivity index (χ0n) is 19.1. The number of Topliss-reactive ketones (excluding diaryl/α,β-unsaturated/α-hetero) is 1. The molecule has 148 valence electrons. The number of allylic oxidation sites excluding steroid dienone is 1. The molecule has 0 aliphatic heterocycles. The Bertz CT molecular complexity index is 485. The van der Waals surface area contributed by atoms with Crippen LogP contribution in [0.2, 0.25) is 0 Å². The summed E-state index contributed by atoms with van der Waals surface area (Å²) in [6.07, 6.45) is 4.26. The van der Waals surface area contributed by atoms with Gasteiger partial charge in [-0.1, -0.05) is 86.8 Å². The number of ketones is 1. The van der Waals surface area contributed by atoms with Gasteiger partial charge in [-0.15, -0.1) is 0 Å². The van der Waals surface area contributed by atoms with Crippen molar-refractivity contribution in [2.75, 3.05) is 13.3 Å². The van der Waals surface area contributed by atoms with Crippen LogP contribution in [0.1, 0.15) is 76.2 Å². The van der Waals surface area contributed by atoms with E-state index >= 15 is 0 Å². The number of hydrogen-bond donors (Lipinski definition) is 0. The van der Waals surface area contributed by atoms with Gasteiger partial charge in [0.05, 0.1) is 0 Å². The third-order valence-electron chi connectivity index (χ3n) is 7.00. The second kappa shape index (κ2) is 8.50. The van der Waals surface area contributed by atoms with Gasteiger partial charge in [0.15, 0.2) is 0 Å². The van der Waals surface area contributed by atoms with Gasteiger partial charge >= 0.3 is 0 Å². The Morgan fingerprint density at radius 3 is 1.76 bits per heavy atom. The van der Waals surface area contributed by atoms with E-state index in [1.807, 2.05) is 0 Å². The number of hydrogen-bond acceptors (Lipinski definition) is 3. The first-order valence-corrected chi connectivity index (χ1v) is 10.7. The lowest BCUT2D eigenvalue weighted by molar-refractivity contribution is -0.140. The molecule has 3 heteroatoms. The van der Waals surface area contributed by atoms with Crippen molar-refractivity contribution < 1.29 is 4.79 Å². The largest absolute Gasteiger partial charge is 0.327 e. The molecule has 0 heterocycles. The van der Waals surface area contributed by atoms with E-state index in [0.717, 1.165) is 0 Å². The van der Waals surface area contributed by atoms with E-state index in [2.05, 4.69) is 100.0 Å². The Kier molecular flexibility index (Phi) is 8.35. The third-order valence-corrected chi connectivity index (χ3v) is 7.68. The molecule has 0 fully saturated rings. The summed E-state index contributed by atoms with van der Waals surface area (Å²) in [6.45, 7) is 24.2. The molecule has 0 N–H and O–H groups in total. The van der Waals surface area contributed by atoms with Crippen molar-refractivity contribution in [2.24, 2.45) is 34.0 Å². The molecule has 0 aromatic carbocycles. The summed E-state index contributed by atoms with van der Waals surface area (Å²) in [4.78, 5) is 13.5. The lowest BCUT2D eigenvalue weighted by Crippen LogP contribution is -2.46. The van der Waals surface area contributed by atoms with Crippen LogP contribution in [0.15, 0.2) is 11.8 Å². The van der Waals surface area contributed by atoms with E-state index < -0.39 is 0 Å². The summed E-state index contributed by atoms with van der Waals surface area (Å²) in [5.74, 6) is 1.05. The zero-order chi connectivity index (χ0) is 20.4. The van der Waals surface area contributed by atoms with Crippen molar-refractivity contribution in [3.05, 3.63) is 11.8 Å². The first kappa shape index (κ1) is 24.6. The summed E-state index contributed by atoms with van der Waals surface area (Å²) >= 11 is 1.70. The maximum atomic E-state index is 13.5. The zero-order valence-corrected chi connectivity index (χ0v) is 19.9. The molecule has 3 atom stereocenters. The normalized spacial score (nSPS) is 17.9. The van der Waals surface area contributed by atoms with Gasteiger partial charge in [-0.2, -0.15) is 0 Å². The molecule has 0 amide bonds. The van der Waals surface area contributed by atoms with Crippen LogP contribution in [-0.4, -0.2) is 23.4 Å². The van der Waals surface area contributed by atoms with Gasteiger partial charge in [0.25, 0.3) is 0 Å². The minimum Gasteiger partial charge on any atom is -0.327 e. The fraction of sp³-hybridized carbons (Fsp3) is 0.864. The Labute approximate surface area is 162 Å². The predicted octanol–water partition coefficient (Wildman–Crippen LogP) is 6.68. The van der Waals surface area contributed by atoms with Crippen LogP contribution in [0.25, 0.3) is 0 Å². The van der Waals surface area contributed by atoms with E-state index in [0.29, 0.717) is 17.6 Å². The first-order valence-electron chi connectivity index (χ1n) is 9.50. The molecule has 0 saturated heterocycles. The first-order chi connectivity index (χ1) is 11.0. The Hall–Kier alpha value is -0.440. The molecular formula is C22H43NOS. The van der Waals surface area contributed by atoms with Crippen molar-refractivity contribution in [1.82, 2.24) is 4.31 Å². The number of nitrogens with zero attached hydrogens (tertiary/aromatic N) is 1. The van der Waals surface area contributed by atoms with E-state index in [1.54, 1.807) is 11.9 Å². The second-order valence-electron chi connectivity index (χ2n) is 10.0. The highest BCUT2D eigenvalue weighted by molar-refractivity contribution is 7.96. The van der Waals surface area contributed by atoms with E-state index in [1.165, 1.54) is 5.57 Å². The van der Waals surface area contributed by atoms with Crippen molar-refractivity contribution in [3.63, 3.8) is 0 Å².